The third-order valence-electron chi connectivity index (χ3n) is 4.16. The van der Waals surface area contributed by atoms with Gasteiger partial charge in [-0.2, -0.15) is 0 Å². The van der Waals surface area contributed by atoms with Crippen molar-refractivity contribution >= 4 is 58.0 Å². The molecular formula is C21H12Cl4N4O. The fourth-order valence-electron chi connectivity index (χ4n) is 2.73. The normalized spacial score (nSPS) is 10.8. The van der Waals surface area contributed by atoms with Gasteiger partial charge in [0.25, 0.3) is 5.91 Å². The molecule has 0 spiro atoms. The van der Waals surface area contributed by atoms with Crippen LogP contribution in [0.4, 0.5) is 5.69 Å². The summed E-state index contributed by atoms with van der Waals surface area (Å²) in [5.41, 5.74) is 1.84. The molecule has 150 valence electrons. The van der Waals surface area contributed by atoms with Gasteiger partial charge in [0.2, 0.25) is 5.82 Å². The third kappa shape index (κ3) is 4.45. The van der Waals surface area contributed by atoms with Crippen molar-refractivity contribution in [3.63, 3.8) is 0 Å². The number of halogens is 4. The monoisotopic (exact) mass is 476 g/mol. The quantitative estimate of drug-likeness (QED) is 0.351. The van der Waals surface area contributed by atoms with Crippen molar-refractivity contribution in [1.29, 1.82) is 0 Å². The highest BCUT2D eigenvalue weighted by molar-refractivity contribution is 6.36. The molecule has 0 atom stereocenters. The van der Waals surface area contributed by atoms with E-state index in [9.17, 15) is 4.79 Å². The van der Waals surface area contributed by atoms with E-state index in [1.807, 2.05) is 0 Å². The number of benzene rings is 3. The first-order chi connectivity index (χ1) is 14.4. The first-order valence-corrected chi connectivity index (χ1v) is 10.2. The van der Waals surface area contributed by atoms with Crippen molar-refractivity contribution < 1.29 is 4.79 Å². The van der Waals surface area contributed by atoms with Crippen molar-refractivity contribution in [2.24, 2.45) is 0 Å². The van der Waals surface area contributed by atoms with Crippen LogP contribution in [-0.2, 0) is 0 Å². The van der Waals surface area contributed by atoms with Crippen molar-refractivity contribution in [3.8, 4) is 17.1 Å². The molecule has 0 saturated heterocycles. The minimum absolute atomic E-state index is 0.0269. The van der Waals surface area contributed by atoms with E-state index in [-0.39, 0.29) is 5.82 Å². The van der Waals surface area contributed by atoms with Crippen LogP contribution in [0.15, 0.2) is 66.7 Å². The molecule has 30 heavy (non-hydrogen) atoms. The molecule has 1 N–H and O–H groups in total. The molecule has 0 saturated carbocycles. The van der Waals surface area contributed by atoms with E-state index in [2.05, 4.69) is 15.4 Å². The average molecular weight is 478 g/mol. The molecule has 0 radical (unpaired) electrons. The van der Waals surface area contributed by atoms with Gasteiger partial charge in [-0.15, -0.1) is 5.10 Å². The first kappa shape index (κ1) is 20.7. The van der Waals surface area contributed by atoms with Gasteiger partial charge in [-0.3, -0.25) is 4.79 Å². The number of carbonyl (C=O) groups is 1. The van der Waals surface area contributed by atoms with Gasteiger partial charge in [-0.05, 0) is 66.7 Å². The van der Waals surface area contributed by atoms with Crippen molar-refractivity contribution in [1.82, 2.24) is 14.8 Å². The fourth-order valence-corrected chi connectivity index (χ4v) is 3.43. The Morgan fingerprint density at radius 3 is 2.03 bits per heavy atom. The average Bonchev–Trinajstić information content (AvgIpc) is 3.17. The highest BCUT2D eigenvalue weighted by Crippen LogP contribution is 2.27. The zero-order chi connectivity index (χ0) is 21.3. The standard InChI is InChI=1S/C21H12Cl4N4O/c22-13-3-1-12(2-4-13)20-27-19(28-29(20)16-8-5-14(23)6-9-16)21(30)26-18-10-7-15(24)11-17(18)25/h1-11H,(H,26,30). The Bertz CT molecular complexity index is 1160. The Morgan fingerprint density at radius 1 is 0.800 bits per heavy atom. The summed E-state index contributed by atoms with van der Waals surface area (Å²) in [5, 5.41) is 9.06. The molecule has 0 bridgehead atoms. The van der Waals surface area contributed by atoms with E-state index in [0.717, 1.165) is 5.56 Å². The lowest BCUT2D eigenvalue weighted by atomic mass is 10.2. The lowest BCUT2D eigenvalue weighted by Crippen LogP contribution is -2.14. The van der Waals surface area contributed by atoms with Gasteiger partial charge in [0.05, 0.1) is 16.4 Å². The number of amides is 1. The first-order valence-electron chi connectivity index (χ1n) is 8.66. The number of aromatic nitrogens is 3. The summed E-state index contributed by atoms with van der Waals surface area (Å²) < 4.78 is 1.57. The predicted molar refractivity (Wildman–Crippen MR) is 121 cm³/mol. The van der Waals surface area contributed by atoms with Crippen LogP contribution < -0.4 is 5.32 Å². The van der Waals surface area contributed by atoms with E-state index < -0.39 is 5.91 Å². The molecule has 0 fully saturated rings. The molecule has 0 aliphatic heterocycles. The zero-order valence-electron chi connectivity index (χ0n) is 15.1. The second-order valence-electron chi connectivity index (χ2n) is 6.23. The van der Waals surface area contributed by atoms with E-state index in [4.69, 9.17) is 46.4 Å². The van der Waals surface area contributed by atoms with Gasteiger partial charge >= 0.3 is 0 Å². The van der Waals surface area contributed by atoms with Crippen LogP contribution in [0.3, 0.4) is 0 Å². The van der Waals surface area contributed by atoms with Gasteiger partial charge in [0.1, 0.15) is 0 Å². The summed E-state index contributed by atoms with van der Waals surface area (Å²) in [4.78, 5) is 17.3. The van der Waals surface area contributed by atoms with E-state index in [1.165, 1.54) is 6.07 Å². The van der Waals surface area contributed by atoms with E-state index in [0.29, 0.717) is 37.3 Å². The predicted octanol–water partition coefficient (Wildman–Crippen LogP) is 6.80. The number of nitrogens with zero attached hydrogens (tertiary/aromatic N) is 3. The molecule has 4 aromatic rings. The maximum absolute atomic E-state index is 12.8. The van der Waals surface area contributed by atoms with Crippen LogP contribution in [0.2, 0.25) is 20.1 Å². The molecule has 1 amide bonds. The lowest BCUT2D eigenvalue weighted by molar-refractivity contribution is 0.101. The summed E-state index contributed by atoms with van der Waals surface area (Å²) >= 11 is 24.1. The van der Waals surface area contributed by atoms with Crippen LogP contribution in [-0.4, -0.2) is 20.7 Å². The molecule has 3 aromatic carbocycles. The Labute approximate surface area is 192 Å². The largest absolute Gasteiger partial charge is 0.318 e. The maximum atomic E-state index is 12.8. The SMILES string of the molecule is O=C(Nc1ccc(Cl)cc1Cl)c1nc(-c2ccc(Cl)cc2)n(-c2ccc(Cl)cc2)n1. The van der Waals surface area contributed by atoms with E-state index >= 15 is 0 Å². The third-order valence-corrected chi connectivity index (χ3v) is 5.21. The molecule has 5 nitrogen and oxygen atoms in total. The molecule has 0 aliphatic carbocycles. The fraction of sp³-hybridized carbons (Fsp3) is 0. The Balaban J connectivity index is 1.75. The zero-order valence-corrected chi connectivity index (χ0v) is 18.1. The van der Waals surface area contributed by atoms with Gasteiger partial charge in [0.15, 0.2) is 5.82 Å². The van der Waals surface area contributed by atoms with Crippen LogP contribution in [0.5, 0.6) is 0 Å². The van der Waals surface area contributed by atoms with Gasteiger partial charge < -0.3 is 5.32 Å². The van der Waals surface area contributed by atoms with Crippen LogP contribution in [0.1, 0.15) is 10.6 Å². The Hall–Kier alpha value is -2.57. The number of hydrogen-bond acceptors (Lipinski definition) is 3. The molecule has 1 heterocycles. The summed E-state index contributed by atoms with van der Waals surface area (Å²) in [6, 6.07) is 18.9. The minimum atomic E-state index is -0.512. The van der Waals surface area contributed by atoms with Crippen LogP contribution in [0, 0.1) is 0 Å². The number of rotatable bonds is 4. The van der Waals surface area contributed by atoms with Gasteiger partial charge in [-0.1, -0.05) is 46.4 Å². The number of carbonyl (C=O) groups excluding carboxylic acids is 1. The summed E-state index contributed by atoms with van der Waals surface area (Å²) in [5.74, 6) is -0.0654. The molecule has 0 unspecified atom stereocenters. The lowest BCUT2D eigenvalue weighted by Gasteiger charge is -2.06. The molecule has 9 heteroatoms. The van der Waals surface area contributed by atoms with Crippen molar-refractivity contribution in [2.75, 3.05) is 5.32 Å². The molecule has 0 aliphatic rings. The molecule has 1 aromatic heterocycles. The van der Waals surface area contributed by atoms with Crippen LogP contribution in [0.25, 0.3) is 17.1 Å². The summed E-state index contributed by atoms with van der Waals surface area (Å²) in [6.07, 6.45) is 0. The highest BCUT2D eigenvalue weighted by Gasteiger charge is 2.20. The Morgan fingerprint density at radius 2 is 1.40 bits per heavy atom. The number of hydrogen-bond donors (Lipinski definition) is 1. The summed E-state index contributed by atoms with van der Waals surface area (Å²) in [6.45, 7) is 0. The van der Waals surface area contributed by atoms with Crippen molar-refractivity contribution in [3.05, 3.63) is 92.6 Å². The van der Waals surface area contributed by atoms with Gasteiger partial charge in [-0.25, -0.2) is 9.67 Å². The highest BCUT2D eigenvalue weighted by atomic mass is 35.5. The van der Waals surface area contributed by atoms with Crippen molar-refractivity contribution in [2.45, 2.75) is 0 Å². The minimum Gasteiger partial charge on any atom is -0.318 e. The van der Waals surface area contributed by atoms with E-state index in [1.54, 1.807) is 65.3 Å². The molecular weight excluding hydrogens is 466 g/mol. The summed E-state index contributed by atoms with van der Waals surface area (Å²) in [7, 11) is 0. The second-order valence-corrected chi connectivity index (χ2v) is 7.95. The number of nitrogens with one attached hydrogen (secondary N) is 1. The second kappa shape index (κ2) is 8.66. The van der Waals surface area contributed by atoms with Crippen LogP contribution >= 0.6 is 46.4 Å². The maximum Gasteiger partial charge on any atom is 0.295 e. The molecule has 4 rings (SSSR count). The topological polar surface area (TPSA) is 59.8 Å². The van der Waals surface area contributed by atoms with Gasteiger partial charge in [0, 0.05) is 20.6 Å². The number of anilines is 1. The Kier molecular flexibility index (Phi) is 5.97. The smallest absolute Gasteiger partial charge is 0.295 e.